The maximum atomic E-state index is 5.27. The fourth-order valence-corrected chi connectivity index (χ4v) is 2.34. The molecule has 0 fully saturated rings. The molecule has 6 nitrogen and oxygen atoms in total. The molecule has 0 aliphatic carbocycles. The standard InChI is InChI=1S/C17H16N4O2S/c1-22-14-8-6-12(7-9-14)11-18-21-16(19-20-17(21)24)13-4-3-5-15(10-13)23-2/h3-11H,1-2H3,(H,20,24). The monoisotopic (exact) mass is 340 g/mol. The average Bonchev–Trinajstić information content (AvgIpc) is 3.01. The van der Waals surface area contributed by atoms with Crippen LogP contribution in [0.1, 0.15) is 5.56 Å². The number of hydrogen-bond donors (Lipinski definition) is 1. The molecule has 3 aromatic rings. The first-order valence-electron chi connectivity index (χ1n) is 7.21. The maximum Gasteiger partial charge on any atom is 0.216 e. The van der Waals surface area contributed by atoms with Gasteiger partial charge in [-0.1, -0.05) is 12.1 Å². The molecule has 24 heavy (non-hydrogen) atoms. The molecule has 0 amide bonds. The van der Waals surface area contributed by atoms with Crippen molar-refractivity contribution in [2.24, 2.45) is 5.10 Å². The van der Waals surface area contributed by atoms with Crippen molar-refractivity contribution < 1.29 is 9.47 Å². The highest BCUT2D eigenvalue weighted by Gasteiger charge is 2.08. The normalized spacial score (nSPS) is 10.9. The summed E-state index contributed by atoms with van der Waals surface area (Å²) in [5.41, 5.74) is 1.78. The largest absolute Gasteiger partial charge is 0.497 e. The van der Waals surface area contributed by atoms with Gasteiger partial charge in [0.1, 0.15) is 11.5 Å². The first-order chi connectivity index (χ1) is 11.7. The molecular weight excluding hydrogens is 324 g/mol. The number of ether oxygens (including phenoxy) is 2. The van der Waals surface area contributed by atoms with Crippen LogP contribution in [-0.2, 0) is 0 Å². The minimum absolute atomic E-state index is 0.414. The third-order valence-corrected chi connectivity index (χ3v) is 3.68. The molecule has 122 valence electrons. The Balaban J connectivity index is 1.94. The number of methoxy groups -OCH3 is 2. The number of aromatic amines is 1. The van der Waals surface area contributed by atoms with Crippen LogP contribution < -0.4 is 9.47 Å². The average molecular weight is 340 g/mol. The predicted molar refractivity (Wildman–Crippen MR) is 95.4 cm³/mol. The van der Waals surface area contributed by atoms with E-state index in [1.165, 1.54) is 0 Å². The van der Waals surface area contributed by atoms with Crippen LogP contribution in [0, 0.1) is 4.77 Å². The molecule has 0 radical (unpaired) electrons. The van der Waals surface area contributed by atoms with E-state index in [9.17, 15) is 0 Å². The zero-order valence-corrected chi connectivity index (χ0v) is 14.1. The van der Waals surface area contributed by atoms with Gasteiger partial charge in [0.2, 0.25) is 4.77 Å². The van der Waals surface area contributed by atoms with E-state index in [0.29, 0.717) is 10.6 Å². The third kappa shape index (κ3) is 3.36. The summed E-state index contributed by atoms with van der Waals surface area (Å²) in [6.45, 7) is 0. The minimum Gasteiger partial charge on any atom is -0.497 e. The van der Waals surface area contributed by atoms with Gasteiger partial charge in [-0.2, -0.15) is 14.9 Å². The Morgan fingerprint density at radius 3 is 2.54 bits per heavy atom. The first-order valence-corrected chi connectivity index (χ1v) is 7.62. The van der Waals surface area contributed by atoms with E-state index in [-0.39, 0.29) is 0 Å². The van der Waals surface area contributed by atoms with Crippen molar-refractivity contribution in [3.63, 3.8) is 0 Å². The molecule has 7 heteroatoms. The smallest absolute Gasteiger partial charge is 0.216 e. The fraction of sp³-hybridized carbons (Fsp3) is 0.118. The minimum atomic E-state index is 0.414. The number of rotatable bonds is 5. The van der Waals surface area contributed by atoms with Crippen LogP contribution in [-0.4, -0.2) is 35.3 Å². The number of nitrogens with zero attached hydrogens (tertiary/aromatic N) is 3. The maximum absolute atomic E-state index is 5.27. The van der Waals surface area contributed by atoms with E-state index in [0.717, 1.165) is 22.6 Å². The van der Waals surface area contributed by atoms with Crippen LogP contribution in [0.2, 0.25) is 0 Å². The predicted octanol–water partition coefficient (Wildman–Crippen LogP) is 3.51. The van der Waals surface area contributed by atoms with Crippen molar-refractivity contribution >= 4 is 18.4 Å². The van der Waals surface area contributed by atoms with Crippen LogP contribution in [0.4, 0.5) is 0 Å². The molecule has 3 rings (SSSR count). The number of nitrogens with one attached hydrogen (secondary N) is 1. The summed E-state index contributed by atoms with van der Waals surface area (Å²) in [6.07, 6.45) is 1.72. The van der Waals surface area contributed by atoms with Crippen molar-refractivity contribution in [2.75, 3.05) is 14.2 Å². The van der Waals surface area contributed by atoms with Crippen LogP contribution >= 0.6 is 12.2 Å². The summed E-state index contributed by atoms with van der Waals surface area (Å²) in [6, 6.07) is 15.1. The number of aromatic nitrogens is 3. The SMILES string of the molecule is COc1ccc(C=Nn2c(-c3cccc(OC)c3)n[nH]c2=S)cc1. The van der Waals surface area contributed by atoms with Crippen LogP contribution in [0.3, 0.4) is 0 Å². The van der Waals surface area contributed by atoms with Crippen LogP contribution in [0.5, 0.6) is 11.5 Å². The summed E-state index contributed by atoms with van der Waals surface area (Å²) in [5, 5.41) is 11.5. The van der Waals surface area contributed by atoms with Crippen molar-refractivity contribution in [3.8, 4) is 22.9 Å². The van der Waals surface area contributed by atoms with Crippen molar-refractivity contribution in [3.05, 3.63) is 58.9 Å². The Kier molecular flexibility index (Phi) is 4.72. The molecule has 0 atom stereocenters. The highest BCUT2D eigenvalue weighted by atomic mass is 32.1. The molecule has 0 aliphatic heterocycles. The number of H-pyrrole nitrogens is 1. The highest BCUT2D eigenvalue weighted by molar-refractivity contribution is 7.71. The van der Waals surface area contributed by atoms with E-state index in [4.69, 9.17) is 21.7 Å². The Hall–Kier alpha value is -2.93. The van der Waals surface area contributed by atoms with Gasteiger partial charge >= 0.3 is 0 Å². The fourth-order valence-electron chi connectivity index (χ4n) is 2.16. The molecule has 0 saturated heterocycles. The van der Waals surface area contributed by atoms with Gasteiger partial charge in [-0.15, -0.1) is 0 Å². The van der Waals surface area contributed by atoms with Crippen LogP contribution in [0.15, 0.2) is 53.6 Å². The molecule has 0 spiro atoms. The number of hydrogen-bond acceptors (Lipinski definition) is 5. The van der Waals surface area contributed by atoms with Crippen LogP contribution in [0.25, 0.3) is 11.4 Å². The Labute approximate surface area is 144 Å². The molecule has 2 aromatic carbocycles. The third-order valence-electron chi connectivity index (χ3n) is 3.42. The van der Waals surface area contributed by atoms with Crippen molar-refractivity contribution in [2.45, 2.75) is 0 Å². The van der Waals surface area contributed by atoms with E-state index in [1.54, 1.807) is 25.1 Å². The van der Waals surface area contributed by atoms with Gasteiger partial charge in [-0.05, 0) is 54.2 Å². The van der Waals surface area contributed by atoms with Gasteiger partial charge in [0, 0.05) is 5.56 Å². The van der Waals surface area contributed by atoms with Gasteiger partial charge in [-0.25, -0.2) is 5.10 Å². The molecule has 0 bridgehead atoms. The second-order valence-electron chi connectivity index (χ2n) is 4.91. The Bertz CT molecular complexity index is 913. The number of benzene rings is 2. The summed E-state index contributed by atoms with van der Waals surface area (Å²) < 4.78 is 12.4. The summed E-state index contributed by atoms with van der Waals surface area (Å²) in [7, 11) is 3.26. The lowest BCUT2D eigenvalue weighted by Gasteiger charge is -2.04. The topological polar surface area (TPSA) is 64.4 Å². The van der Waals surface area contributed by atoms with Gasteiger partial charge in [-0.3, -0.25) is 0 Å². The highest BCUT2D eigenvalue weighted by Crippen LogP contribution is 2.22. The zero-order chi connectivity index (χ0) is 16.9. The first kappa shape index (κ1) is 15.9. The molecule has 0 aliphatic rings. The lowest BCUT2D eigenvalue weighted by atomic mass is 10.2. The lowest BCUT2D eigenvalue weighted by molar-refractivity contribution is 0.414. The van der Waals surface area contributed by atoms with E-state index in [2.05, 4.69) is 15.3 Å². The molecule has 1 heterocycles. The van der Waals surface area contributed by atoms with Gasteiger partial charge in [0.15, 0.2) is 5.82 Å². The summed E-state index contributed by atoms with van der Waals surface area (Å²) in [5.74, 6) is 2.15. The van der Waals surface area contributed by atoms with Crippen molar-refractivity contribution in [1.29, 1.82) is 0 Å². The lowest BCUT2D eigenvalue weighted by Crippen LogP contribution is -1.95. The Morgan fingerprint density at radius 1 is 1.08 bits per heavy atom. The summed E-state index contributed by atoms with van der Waals surface area (Å²) >= 11 is 5.27. The molecule has 1 N–H and O–H groups in total. The molecule has 0 unspecified atom stereocenters. The molecular formula is C17H16N4O2S. The quantitative estimate of drug-likeness (QED) is 0.570. The van der Waals surface area contributed by atoms with Gasteiger partial charge in [0.25, 0.3) is 0 Å². The summed E-state index contributed by atoms with van der Waals surface area (Å²) in [4.78, 5) is 0. The molecule has 1 aromatic heterocycles. The van der Waals surface area contributed by atoms with E-state index >= 15 is 0 Å². The second-order valence-corrected chi connectivity index (χ2v) is 5.30. The zero-order valence-electron chi connectivity index (χ0n) is 13.3. The molecule has 0 saturated carbocycles. The van der Waals surface area contributed by atoms with E-state index in [1.807, 2.05) is 48.5 Å². The Morgan fingerprint density at radius 2 is 1.83 bits per heavy atom. The second kappa shape index (κ2) is 7.10. The van der Waals surface area contributed by atoms with Gasteiger partial charge in [0.05, 0.1) is 20.4 Å². The van der Waals surface area contributed by atoms with Crippen molar-refractivity contribution in [1.82, 2.24) is 14.9 Å². The van der Waals surface area contributed by atoms with Gasteiger partial charge < -0.3 is 9.47 Å². The van der Waals surface area contributed by atoms with E-state index < -0.39 is 0 Å².